The third-order valence-corrected chi connectivity index (χ3v) is 13.4. The number of carbonyl (C=O) groups is 7. The minimum absolute atomic E-state index is 0.0158. The third kappa shape index (κ3) is 14.1. The molecule has 17 heteroatoms. The summed E-state index contributed by atoms with van der Waals surface area (Å²) in [5, 5.41) is 21.6. The highest BCUT2D eigenvalue weighted by atomic mass is 32.2. The number of nitrogens with one attached hydrogen (secondary N) is 4. The van der Waals surface area contributed by atoms with Gasteiger partial charge in [-0.3, -0.25) is 38.5 Å². The van der Waals surface area contributed by atoms with Crippen molar-refractivity contribution < 1.29 is 38.7 Å². The zero-order valence-corrected chi connectivity index (χ0v) is 40.8. The van der Waals surface area contributed by atoms with E-state index >= 15 is 0 Å². The van der Waals surface area contributed by atoms with Gasteiger partial charge < -0.3 is 41.6 Å². The van der Waals surface area contributed by atoms with Crippen LogP contribution in [0.25, 0.3) is 10.9 Å². The van der Waals surface area contributed by atoms with E-state index in [-0.39, 0.29) is 72.5 Å². The van der Waals surface area contributed by atoms with Crippen LogP contribution in [0.3, 0.4) is 0 Å². The average Bonchev–Trinajstić information content (AvgIpc) is 3.70. The Morgan fingerprint density at radius 3 is 2.27 bits per heavy atom. The van der Waals surface area contributed by atoms with Crippen LogP contribution in [-0.4, -0.2) is 129 Å². The molecular formula is C47H74N8O8S. The van der Waals surface area contributed by atoms with Gasteiger partial charge in [-0.15, -0.1) is 11.8 Å². The number of likely N-dealkylation sites (tertiary alicyclic amines) is 1. The topological polar surface area (TPSA) is 225 Å². The predicted molar refractivity (Wildman–Crippen MR) is 252 cm³/mol. The molecule has 1 aromatic heterocycles. The monoisotopic (exact) mass is 911 g/mol. The Morgan fingerprint density at radius 1 is 1.00 bits per heavy atom. The normalized spacial score (nSPS) is 17.2. The summed E-state index contributed by atoms with van der Waals surface area (Å²) in [6, 6.07) is 4.90. The molecule has 16 nitrogen and oxygen atoms in total. The number of hydrogen-bond acceptors (Lipinski definition) is 10. The number of carbonyl (C=O) groups excluding carboxylic acids is 6. The highest BCUT2D eigenvalue weighted by molar-refractivity contribution is 8.00. The molecule has 0 spiro atoms. The maximum Gasteiger partial charge on any atom is 0.321 e. The van der Waals surface area contributed by atoms with E-state index in [1.165, 1.54) is 0 Å². The lowest BCUT2D eigenvalue weighted by atomic mass is 9.76. The second kappa shape index (κ2) is 23.4. The number of rotatable bonds is 24. The lowest BCUT2D eigenvalue weighted by molar-refractivity contribution is -0.141. The predicted octanol–water partition coefficient (Wildman–Crippen LogP) is 3.85. The van der Waals surface area contributed by atoms with Crippen molar-refractivity contribution >= 4 is 64.1 Å². The van der Waals surface area contributed by atoms with Crippen LogP contribution in [0.2, 0.25) is 0 Å². The molecule has 6 amide bonds. The summed E-state index contributed by atoms with van der Waals surface area (Å²) in [7, 11) is 5.46. The van der Waals surface area contributed by atoms with Gasteiger partial charge in [-0.05, 0) is 69.5 Å². The van der Waals surface area contributed by atoms with Gasteiger partial charge in [0.2, 0.25) is 35.4 Å². The second-order valence-corrected chi connectivity index (χ2v) is 20.4. The number of amides is 6. The number of carboxylic acid groups (broad SMARTS) is 1. The number of nitrogens with zero attached hydrogens (tertiary/aromatic N) is 3. The van der Waals surface area contributed by atoms with Crippen LogP contribution in [0.1, 0.15) is 106 Å². The Balaban J connectivity index is 1.50. The van der Waals surface area contributed by atoms with E-state index in [4.69, 9.17) is 10.8 Å². The average molecular weight is 911 g/mol. The molecule has 1 unspecified atom stereocenters. The molecule has 0 bridgehead atoms. The van der Waals surface area contributed by atoms with Gasteiger partial charge in [0.25, 0.3) is 0 Å². The Kier molecular flexibility index (Phi) is 19.6. The van der Waals surface area contributed by atoms with Gasteiger partial charge >= 0.3 is 5.97 Å². The third-order valence-electron chi connectivity index (χ3n) is 12.1. The lowest BCUT2D eigenvalue weighted by Crippen LogP contribution is -2.61. The molecular weight excluding hydrogens is 837 g/mol. The smallest absolute Gasteiger partial charge is 0.321 e. The fourth-order valence-electron chi connectivity index (χ4n) is 8.18. The van der Waals surface area contributed by atoms with Crippen molar-refractivity contribution in [3.8, 4) is 0 Å². The molecule has 64 heavy (non-hydrogen) atoms. The number of aliphatic carboxylic acids is 1. The maximum absolute atomic E-state index is 14.4. The summed E-state index contributed by atoms with van der Waals surface area (Å²) in [6.45, 7) is 18.0. The number of likely N-dealkylation sites (N-methyl/N-ethyl adjacent to an activating group) is 2. The molecule has 1 aliphatic rings. The van der Waals surface area contributed by atoms with Gasteiger partial charge in [0.15, 0.2) is 0 Å². The fourth-order valence-corrected chi connectivity index (χ4v) is 9.29. The van der Waals surface area contributed by atoms with Gasteiger partial charge in [-0.25, -0.2) is 0 Å². The Bertz CT molecular complexity index is 2020. The molecule has 1 fully saturated rings. The Hall–Kier alpha value is -4.74. The highest BCUT2D eigenvalue weighted by Crippen LogP contribution is 2.35. The van der Waals surface area contributed by atoms with Gasteiger partial charge in [-0.1, -0.05) is 72.7 Å². The van der Waals surface area contributed by atoms with Crippen molar-refractivity contribution in [1.82, 2.24) is 35.6 Å². The molecule has 1 saturated heterocycles. The van der Waals surface area contributed by atoms with Crippen LogP contribution in [-0.2, 0) is 46.0 Å². The SMILES string of the molecule is CN[C@H](C(=O)N[C@H](C(=O)N(C)[C@H](/C=C(\C)C(=O)NCCCC[C@H](C)NC(=O)CCCN1C(=O)CC(SC[C@H](N)C(=O)O)C1=O)C(C)C)C(C)(C)C)C(C)(C)c1cn(C)c2ccccc12. The quantitative estimate of drug-likeness (QED) is 0.0504. The van der Waals surface area contributed by atoms with Gasteiger partial charge in [0.1, 0.15) is 12.1 Å². The first-order chi connectivity index (χ1) is 29.8. The number of thioether (sulfide) groups is 1. The minimum atomic E-state index is -1.17. The number of unbranched alkanes of at least 4 members (excludes halogenated alkanes) is 1. The Morgan fingerprint density at radius 2 is 1.66 bits per heavy atom. The van der Waals surface area contributed by atoms with Gasteiger partial charge in [0.05, 0.1) is 17.3 Å². The number of benzene rings is 1. The number of nitrogens with two attached hydrogens (primary N) is 1. The number of carboxylic acids is 1. The molecule has 7 N–H and O–H groups in total. The summed E-state index contributed by atoms with van der Waals surface area (Å²) < 4.78 is 2.06. The van der Waals surface area contributed by atoms with Crippen molar-refractivity contribution in [3.05, 3.63) is 47.7 Å². The molecule has 2 aromatic rings. The number of para-hydroxylation sites is 1. The van der Waals surface area contributed by atoms with Crippen LogP contribution >= 0.6 is 11.8 Å². The van der Waals surface area contributed by atoms with Crippen LogP contribution in [0.4, 0.5) is 0 Å². The lowest BCUT2D eigenvalue weighted by Gasteiger charge is -2.39. The van der Waals surface area contributed by atoms with Crippen molar-refractivity contribution in [2.45, 2.75) is 142 Å². The van der Waals surface area contributed by atoms with Crippen LogP contribution in [0.5, 0.6) is 0 Å². The van der Waals surface area contributed by atoms with E-state index in [1.807, 2.05) is 80.6 Å². The number of aryl methyl sites for hydroxylation is 1. The van der Waals surface area contributed by atoms with E-state index in [0.717, 1.165) is 39.5 Å². The van der Waals surface area contributed by atoms with Crippen LogP contribution in [0.15, 0.2) is 42.1 Å². The summed E-state index contributed by atoms with van der Waals surface area (Å²) in [5.41, 5.74) is 6.79. The number of aromatic nitrogens is 1. The van der Waals surface area contributed by atoms with Crippen LogP contribution < -0.4 is 27.0 Å². The number of hydrogen-bond donors (Lipinski definition) is 6. The van der Waals surface area contributed by atoms with Gasteiger partial charge in [-0.2, -0.15) is 0 Å². The number of imide groups is 1. The second-order valence-electron chi connectivity index (χ2n) is 19.1. The summed E-state index contributed by atoms with van der Waals surface area (Å²) in [4.78, 5) is 93.2. The first kappa shape index (κ1) is 53.6. The fraction of sp³-hybridized carbons (Fsp3) is 0.638. The summed E-state index contributed by atoms with van der Waals surface area (Å²) >= 11 is 1.06. The van der Waals surface area contributed by atoms with Gasteiger partial charge in [0, 0.05) is 79.9 Å². The maximum atomic E-state index is 14.4. The largest absolute Gasteiger partial charge is 0.480 e. The van der Waals surface area contributed by atoms with Crippen molar-refractivity contribution in [1.29, 1.82) is 0 Å². The molecule has 0 saturated carbocycles. The van der Waals surface area contributed by atoms with Crippen molar-refractivity contribution in [3.63, 3.8) is 0 Å². The zero-order chi connectivity index (χ0) is 48.3. The zero-order valence-electron chi connectivity index (χ0n) is 40.0. The van der Waals surface area contributed by atoms with Crippen LogP contribution in [0, 0.1) is 11.3 Å². The Labute approximate surface area is 383 Å². The molecule has 0 aliphatic carbocycles. The first-order valence-electron chi connectivity index (χ1n) is 22.3. The molecule has 3 rings (SSSR count). The van der Waals surface area contributed by atoms with E-state index in [9.17, 15) is 33.6 Å². The van der Waals surface area contributed by atoms with E-state index in [2.05, 4.69) is 44.2 Å². The standard InChI is InChI=1S/C47H74N8O8S/c1-28(2)35(54(12)44(61)40(46(5,6)7)52-42(59)39(49-10)47(8,9)32-26-53(11)34-20-14-13-19-31(32)34)24-29(3)41(58)50-22-16-15-18-30(4)51-37(56)21-17-23-55-38(57)25-36(43(55)60)64-27-33(48)45(62)63/h13-14,19-20,24,26,28,30,33,35-36,39-40,49H,15-18,21-23,25,27,48H2,1-12H3,(H,50,58)(H,51,56)(H,52,59)(H,62,63)/b29-24+/t30-,33-,35+,36?,39+,40+/m0/s1. The summed E-state index contributed by atoms with van der Waals surface area (Å²) in [6.07, 6.45) is 6.39. The van der Waals surface area contributed by atoms with E-state index in [1.54, 1.807) is 25.9 Å². The molecule has 2 heterocycles. The van der Waals surface area contributed by atoms with E-state index in [0.29, 0.717) is 31.4 Å². The van der Waals surface area contributed by atoms with Crippen molar-refractivity contribution in [2.75, 3.05) is 32.9 Å². The molecule has 0 radical (unpaired) electrons. The molecule has 1 aliphatic heterocycles. The molecule has 6 atom stereocenters. The summed E-state index contributed by atoms with van der Waals surface area (Å²) in [5.74, 6) is -2.91. The molecule has 1 aromatic carbocycles. The van der Waals surface area contributed by atoms with Crippen molar-refractivity contribution in [2.24, 2.45) is 24.1 Å². The van der Waals surface area contributed by atoms with E-state index < -0.39 is 46.2 Å². The molecule has 356 valence electrons. The first-order valence-corrected chi connectivity index (χ1v) is 23.4. The number of fused-ring (bicyclic) bond motifs is 1. The highest BCUT2D eigenvalue weighted by Gasteiger charge is 2.43. The minimum Gasteiger partial charge on any atom is -0.480 e.